The van der Waals surface area contributed by atoms with E-state index >= 15 is 0 Å². The van der Waals surface area contributed by atoms with Gasteiger partial charge in [0, 0.05) is 37.3 Å². The molecular weight excluding hydrogens is 357 g/mol. The number of imidazole rings is 1. The van der Waals surface area contributed by atoms with Crippen LogP contribution in [0.3, 0.4) is 0 Å². The molecule has 0 unspecified atom stereocenters. The van der Waals surface area contributed by atoms with E-state index in [-0.39, 0.29) is 5.82 Å². The molecule has 0 spiro atoms. The second kappa shape index (κ2) is 8.93. The zero-order valence-electron chi connectivity index (χ0n) is 16.5. The van der Waals surface area contributed by atoms with Crippen molar-refractivity contribution in [1.82, 2.24) is 24.8 Å². The first-order valence-electron chi connectivity index (χ1n) is 9.51. The van der Waals surface area contributed by atoms with Crippen molar-refractivity contribution in [3.05, 3.63) is 53.6 Å². The summed E-state index contributed by atoms with van der Waals surface area (Å²) >= 11 is 0. The predicted molar refractivity (Wildman–Crippen MR) is 108 cm³/mol. The number of aromatic nitrogens is 3. The highest BCUT2D eigenvalue weighted by Gasteiger charge is 2.12. The summed E-state index contributed by atoms with van der Waals surface area (Å²) < 4.78 is 14.8. The first-order chi connectivity index (χ1) is 13.5. The molecular formula is C21H26FN5O. The number of rotatable bonds is 3. The van der Waals surface area contributed by atoms with Gasteiger partial charge in [-0.05, 0) is 43.2 Å². The van der Waals surface area contributed by atoms with Gasteiger partial charge in [0.2, 0.25) is 6.41 Å². The standard InChI is InChI=1S/C16H16FN3.C5H10N2O/c1-10(2)14-8-15(12-4-6-13(17)7-5-12)19-20-9-11(3)18-16(14)20;8-5-7-3-1-6-2-4-7/h4-10H,1-3H3;5-6H,1-4H2. The van der Waals surface area contributed by atoms with Crippen LogP contribution in [0, 0.1) is 12.7 Å². The molecule has 1 aliphatic rings. The topological polar surface area (TPSA) is 62.5 Å². The number of halogens is 1. The van der Waals surface area contributed by atoms with Gasteiger partial charge in [-0.15, -0.1) is 0 Å². The summed E-state index contributed by atoms with van der Waals surface area (Å²) in [5, 5.41) is 7.72. The molecule has 6 nitrogen and oxygen atoms in total. The number of piperazine rings is 1. The number of nitrogens with one attached hydrogen (secondary N) is 1. The van der Waals surface area contributed by atoms with E-state index in [0.29, 0.717) is 5.92 Å². The summed E-state index contributed by atoms with van der Waals surface area (Å²) in [6.45, 7) is 9.84. The molecule has 0 saturated carbocycles. The Morgan fingerprint density at radius 1 is 1.18 bits per heavy atom. The second-order valence-electron chi connectivity index (χ2n) is 7.19. The third-order valence-corrected chi connectivity index (χ3v) is 4.64. The highest BCUT2D eigenvalue weighted by molar-refractivity contribution is 5.63. The quantitative estimate of drug-likeness (QED) is 0.707. The summed E-state index contributed by atoms with van der Waals surface area (Å²) in [5.74, 6) is 0.110. The molecule has 0 bridgehead atoms. The van der Waals surface area contributed by atoms with Crippen molar-refractivity contribution in [3.8, 4) is 11.3 Å². The van der Waals surface area contributed by atoms with Crippen molar-refractivity contribution in [2.75, 3.05) is 26.2 Å². The monoisotopic (exact) mass is 383 g/mol. The van der Waals surface area contributed by atoms with Crippen molar-refractivity contribution in [1.29, 1.82) is 0 Å². The molecule has 2 aromatic heterocycles. The number of amides is 1. The lowest BCUT2D eigenvalue weighted by Crippen LogP contribution is -2.42. The minimum atomic E-state index is -0.239. The first-order valence-corrected chi connectivity index (χ1v) is 9.51. The molecule has 0 atom stereocenters. The smallest absolute Gasteiger partial charge is 0.209 e. The van der Waals surface area contributed by atoms with Crippen LogP contribution in [-0.4, -0.2) is 52.1 Å². The van der Waals surface area contributed by atoms with Crippen LogP contribution in [0.15, 0.2) is 36.5 Å². The summed E-state index contributed by atoms with van der Waals surface area (Å²) in [5.41, 5.74) is 4.71. The van der Waals surface area contributed by atoms with Gasteiger partial charge in [0.25, 0.3) is 0 Å². The van der Waals surface area contributed by atoms with Crippen molar-refractivity contribution in [3.63, 3.8) is 0 Å². The number of carbonyl (C=O) groups is 1. The van der Waals surface area contributed by atoms with Crippen LogP contribution in [0.5, 0.6) is 0 Å². The lowest BCUT2D eigenvalue weighted by atomic mass is 10.0. The van der Waals surface area contributed by atoms with Crippen molar-refractivity contribution in [2.45, 2.75) is 26.7 Å². The average Bonchev–Trinajstić information content (AvgIpc) is 3.08. The summed E-state index contributed by atoms with van der Waals surface area (Å²) in [6.07, 6.45) is 2.81. The minimum absolute atomic E-state index is 0.239. The Labute approximate surface area is 164 Å². The summed E-state index contributed by atoms with van der Waals surface area (Å²) in [7, 11) is 0. The number of aryl methyl sites for hydroxylation is 1. The maximum absolute atomic E-state index is 13.0. The van der Waals surface area contributed by atoms with E-state index in [4.69, 9.17) is 0 Å². The molecule has 28 heavy (non-hydrogen) atoms. The molecule has 1 aromatic carbocycles. The predicted octanol–water partition coefficient (Wildman–Crippen LogP) is 3.02. The van der Waals surface area contributed by atoms with E-state index in [1.54, 1.807) is 17.0 Å². The molecule has 7 heteroatoms. The van der Waals surface area contributed by atoms with Crippen LogP contribution in [0.4, 0.5) is 4.39 Å². The van der Waals surface area contributed by atoms with E-state index < -0.39 is 0 Å². The maximum atomic E-state index is 13.0. The third-order valence-electron chi connectivity index (χ3n) is 4.64. The largest absolute Gasteiger partial charge is 0.343 e. The van der Waals surface area contributed by atoms with Crippen molar-refractivity contribution in [2.24, 2.45) is 0 Å². The fourth-order valence-corrected chi connectivity index (χ4v) is 3.09. The van der Waals surface area contributed by atoms with Gasteiger partial charge in [-0.3, -0.25) is 4.79 Å². The van der Waals surface area contributed by atoms with E-state index in [1.165, 1.54) is 12.1 Å². The van der Waals surface area contributed by atoms with Gasteiger partial charge in [0.1, 0.15) is 5.82 Å². The van der Waals surface area contributed by atoms with Crippen LogP contribution >= 0.6 is 0 Å². The van der Waals surface area contributed by atoms with Gasteiger partial charge >= 0.3 is 0 Å². The van der Waals surface area contributed by atoms with E-state index in [9.17, 15) is 9.18 Å². The number of fused-ring (bicyclic) bond motifs is 1. The fraction of sp³-hybridized carbons (Fsp3) is 0.381. The lowest BCUT2D eigenvalue weighted by molar-refractivity contribution is -0.118. The molecule has 1 aliphatic heterocycles. The van der Waals surface area contributed by atoms with Crippen molar-refractivity contribution < 1.29 is 9.18 Å². The minimum Gasteiger partial charge on any atom is -0.343 e. The Hall–Kier alpha value is -2.80. The summed E-state index contributed by atoms with van der Waals surface area (Å²) in [4.78, 5) is 16.4. The van der Waals surface area contributed by atoms with Crippen LogP contribution < -0.4 is 5.32 Å². The average molecular weight is 383 g/mol. The number of hydrogen-bond acceptors (Lipinski definition) is 4. The highest BCUT2D eigenvalue weighted by atomic mass is 19.1. The number of carbonyl (C=O) groups excluding carboxylic acids is 1. The number of nitrogens with zero attached hydrogens (tertiary/aromatic N) is 4. The third kappa shape index (κ3) is 4.72. The lowest BCUT2D eigenvalue weighted by Gasteiger charge is -2.22. The molecule has 1 saturated heterocycles. The summed E-state index contributed by atoms with van der Waals surface area (Å²) in [6, 6.07) is 8.44. The van der Waals surface area contributed by atoms with Gasteiger partial charge in [-0.2, -0.15) is 5.10 Å². The molecule has 0 radical (unpaired) electrons. The Kier molecular flexibility index (Phi) is 6.36. The van der Waals surface area contributed by atoms with Gasteiger partial charge < -0.3 is 10.2 Å². The van der Waals surface area contributed by atoms with Crippen LogP contribution in [-0.2, 0) is 4.79 Å². The van der Waals surface area contributed by atoms with Crippen LogP contribution in [0.25, 0.3) is 16.9 Å². The number of hydrogen-bond donors (Lipinski definition) is 1. The fourth-order valence-electron chi connectivity index (χ4n) is 3.09. The molecule has 4 rings (SSSR count). The SMILES string of the molecule is Cc1cn2nc(-c3ccc(F)cc3)cc(C(C)C)c2n1.O=CN1CCNCC1. The van der Waals surface area contributed by atoms with Gasteiger partial charge in [-0.1, -0.05) is 13.8 Å². The first kappa shape index (κ1) is 19.9. The van der Waals surface area contributed by atoms with E-state index in [1.807, 2.05) is 23.7 Å². The molecule has 1 amide bonds. The number of benzene rings is 1. The van der Waals surface area contributed by atoms with Gasteiger partial charge in [0.15, 0.2) is 5.65 Å². The van der Waals surface area contributed by atoms with Crippen molar-refractivity contribution >= 4 is 12.1 Å². The van der Waals surface area contributed by atoms with Gasteiger partial charge in [0.05, 0.1) is 17.6 Å². The molecule has 0 aliphatic carbocycles. The Bertz CT molecular complexity index is 930. The van der Waals surface area contributed by atoms with E-state index in [0.717, 1.165) is 60.8 Å². The van der Waals surface area contributed by atoms with Gasteiger partial charge in [-0.25, -0.2) is 13.9 Å². The molecule has 3 aromatic rings. The van der Waals surface area contributed by atoms with Crippen LogP contribution in [0.1, 0.15) is 31.0 Å². The normalized spacial score (nSPS) is 14.1. The molecule has 148 valence electrons. The zero-order valence-corrected chi connectivity index (χ0v) is 16.5. The van der Waals surface area contributed by atoms with E-state index in [2.05, 4.69) is 29.2 Å². The van der Waals surface area contributed by atoms with Crippen LogP contribution in [0.2, 0.25) is 0 Å². The molecule has 3 heterocycles. The molecule has 1 N–H and O–H groups in total. The second-order valence-corrected chi connectivity index (χ2v) is 7.19. The Morgan fingerprint density at radius 2 is 1.86 bits per heavy atom. The Balaban J connectivity index is 0.000000236. The molecule has 1 fully saturated rings. The Morgan fingerprint density at radius 3 is 2.43 bits per heavy atom. The maximum Gasteiger partial charge on any atom is 0.209 e. The zero-order chi connectivity index (χ0) is 20.1. The highest BCUT2D eigenvalue weighted by Crippen LogP contribution is 2.25.